The molecule has 6 atom stereocenters. The molecule has 6 heterocycles. The number of amides is 5. The Morgan fingerprint density at radius 1 is 0.405 bits per heavy atom. The number of nitrogens with zero attached hydrogens (tertiary/aromatic N) is 5. The average molecular weight is 1920 g/mol. The van der Waals surface area contributed by atoms with Gasteiger partial charge >= 0.3 is 23.9 Å². The second-order valence-electron chi connectivity index (χ2n) is 34.1. The fourth-order valence-electron chi connectivity index (χ4n) is 18.1. The van der Waals surface area contributed by atoms with E-state index in [9.17, 15) is 48.3 Å². The van der Waals surface area contributed by atoms with Gasteiger partial charge in [-0.3, -0.25) is 43.2 Å². The average Bonchev–Trinajstić information content (AvgIpc) is 1.65. The number of esters is 2. The van der Waals surface area contributed by atoms with Crippen molar-refractivity contribution in [3.8, 4) is 0 Å². The minimum atomic E-state index is -1.01. The third kappa shape index (κ3) is 26.4. The van der Waals surface area contributed by atoms with Crippen LogP contribution in [0, 0.1) is 17.8 Å². The van der Waals surface area contributed by atoms with Gasteiger partial charge in [0, 0.05) is 135 Å². The monoisotopic (exact) mass is 1920 g/mol. The van der Waals surface area contributed by atoms with Gasteiger partial charge in [0.25, 0.3) is 17.7 Å². The van der Waals surface area contributed by atoms with Crippen molar-refractivity contribution in [2.75, 3.05) is 89.9 Å². The molecule has 0 spiro atoms. The third-order valence-corrected chi connectivity index (χ3v) is 27.4. The molecule has 28 nitrogen and oxygen atoms in total. The number of benzene rings is 6. The molecule has 3 saturated heterocycles. The summed E-state index contributed by atoms with van der Waals surface area (Å²) in [6, 6.07) is 32.3. The van der Waals surface area contributed by atoms with Crippen LogP contribution >= 0.6 is 69.6 Å². The van der Waals surface area contributed by atoms with Crippen LogP contribution < -0.4 is 21.3 Å². The smallest absolute Gasteiger partial charge is 0.308 e. The van der Waals surface area contributed by atoms with Crippen LogP contribution in [0.1, 0.15) is 158 Å². The maximum atomic E-state index is 13.5. The summed E-state index contributed by atoms with van der Waals surface area (Å²) in [6.07, 6.45) is 17.3. The zero-order valence-corrected chi connectivity index (χ0v) is 79.3. The molecule has 6 aromatic carbocycles. The first-order valence-electron chi connectivity index (χ1n) is 44.4. The highest BCUT2D eigenvalue weighted by atomic mass is 35.5. The molecule has 3 saturated carbocycles. The predicted octanol–water partition coefficient (Wildman–Crippen LogP) is 17.5. The van der Waals surface area contributed by atoms with Crippen LogP contribution in [0.5, 0.6) is 0 Å². The fourth-order valence-corrected chi connectivity index (χ4v) is 19.5. The van der Waals surface area contributed by atoms with E-state index in [1.165, 1.54) is 12.1 Å². The maximum Gasteiger partial charge on any atom is 0.308 e. The lowest BCUT2D eigenvalue weighted by Crippen LogP contribution is -2.40. The Labute approximate surface area is 792 Å². The number of carboxylic acid groups (broad SMARTS) is 2. The number of aryl methyl sites for hydroxylation is 3. The van der Waals surface area contributed by atoms with Crippen molar-refractivity contribution in [2.45, 2.75) is 184 Å². The number of para-hydroxylation sites is 3. The number of fused-ring (bicyclic) bond motifs is 3. The van der Waals surface area contributed by atoms with E-state index in [1.54, 1.807) is 74.0 Å². The Balaban J connectivity index is 0.000000165. The number of halogens is 6. The molecule has 15 rings (SSSR count). The molecule has 3 aromatic heterocycles. The minimum Gasteiger partial charge on any atom is -0.481 e. The fraction of sp³-hybridized carbons (Fsp3) is 0.474. The molecule has 34 heteroatoms. The highest BCUT2D eigenvalue weighted by molar-refractivity contribution is 6.38. The van der Waals surface area contributed by atoms with Crippen LogP contribution in [-0.2, 0) is 107 Å². The number of aromatic nitrogens is 3. The predicted molar refractivity (Wildman–Crippen MR) is 506 cm³/mol. The van der Waals surface area contributed by atoms with Gasteiger partial charge in [-0.2, -0.15) is 0 Å². The van der Waals surface area contributed by atoms with E-state index in [-0.39, 0.29) is 130 Å². The van der Waals surface area contributed by atoms with Crippen molar-refractivity contribution in [3.63, 3.8) is 0 Å². The molecule has 704 valence electrons. The molecule has 5 amide bonds. The molecule has 9 aromatic rings. The van der Waals surface area contributed by atoms with Crippen LogP contribution in [0.2, 0.25) is 30.1 Å². The number of aliphatic carboxylic acids is 2. The van der Waals surface area contributed by atoms with Crippen molar-refractivity contribution in [2.24, 2.45) is 38.9 Å². The number of anilines is 3. The number of hydrogen-bond donors (Lipinski definition) is 6. The Hall–Kier alpha value is -9.37. The van der Waals surface area contributed by atoms with Gasteiger partial charge in [-0.1, -0.05) is 124 Å². The van der Waals surface area contributed by atoms with Crippen LogP contribution in [-0.4, -0.2) is 216 Å². The van der Waals surface area contributed by atoms with E-state index in [1.807, 2.05) is 121 Å². The third-order valence-electron chi connectivity index (χ3n) is 25.4. The lowest BCUT2D eigenvalue weighted by Gasteiger charge is -2.30. The number of carbonyl (C=O) groups excluding carboxylic acids is 7. The summed E-state index contributed by atoms with van der Waals surface area (Å²) in [4.78, 5) is 115. The number of likely N-dealkylation sites (tertiary alicyclic amines) is 2. The number of carboxylic acids is 2. The Bertz CT molecular complexity index is 5550. The Morgan fingerprint density at radius 3 is 1.05 bits per heavy atom. The summed E-state index contributed by atoms with van der Waals surface area (Å²) >= 11 is 38.6. The number of ether oxygens (including phenoxy) is 8. The van der Waals surface area contributed by atoms with Gasteiger partial charge in [0.2, 0.25) is 11.8 Å². The second-order valence-corrected chi connectivity index (χ2v) is 36.6. The largest absolute Gasteiger partial charge is 0.481 e. The standard InChI is InChI=1S/C33H39Cl2N3O6.C31H35Cl2N3O6.C18H14Cl2N2O3.C15H27NO4/c1-4-43-33(41)20-9-11-23(12-10-20)44-19-22-15-24(42-3)17-38(22)31(39)14-21-13-28(35)29(16-27(21)34)36-32(40)26-18-37(2)30-8-6-5-7-25(26)30;1-35-16-24(23-5-3-4-6-28(23)35)30(38)34-27-14-25(32)19(11-26(27)33)12-29(37)36-15-22(41-2)13-20(36)17-42-21-9-7-18(8-10-21)31(39)40;1-22-9-12(11-4-2-3-5-16(11)22)18(25)21-15-8-13(19)10(6-14(15)20)7-17(23)24;1-3-19-15(17)11-4-6-13(7-5-11)20-10-12-8-14(18-2)9-16-12/h5-8,13,16,18,20,22-24H,4,9-12,14-15,17,19H2,1-3H3,(H,36,40);3-6,11,14,16,18,20-22H,7-10,12-13,15,17H2,1-2H3,(H,34,38)(H,39,40);2-6,8-9H,7H2,1H3,(H,21,25)(H,23,24);11-14,16H,3-10H2,1-2H3/t20?,22-,23?,24-;18?,20-,21?,22-;;11?,12-,13?,14-/m00.0/s1. The maximum absolute atomic E-state index is 13.5. The van der Waals surface area contributed by atoms with Gasteiger partial charge in [-0.25, -0.2) is 0 Å². The van der Waals surface area contributed by atoms with E-state index < -0.39 is 11.9 Å². The first-order chi connectivity index (χ1) is 62.9. The zero-order chi connectivity index (χ0) is 93.9. The molecule has 3 aliphatic heterocycles. The molecule has 0 radical (unpaired) electrons. The molecular weight excluding hydrogens is 1810 g/mol. The number of carbonyl (C=O) groups is 9. The van der Waals surface area contributed by atoms with Crippen molar-refractivity contribution in [1.82, 2.24) is 28.8 Å². The van der Waals surface area contributed by atoms with Crippen LogP contribution in [0.25, 0.3) is 32.7 Å². The number of nitrogens with one attached hydrogen (secondary N) is 4. The molecular formula is C97H115Cl6N9O19. The first kappa shape index (κ1) is 101. The summed E-state index contributed by atoms with van der Waals surface area (Å²) in [5.74, 6) is -3.36. The van der Waals surface area contributed by atoms with E-state index in [0.717, 1.165) is 104 Å². The highest BCUT2D eigenvalue weighted by Crippen LogP contribution is 2.39. The molecule has 6 aliphatic rings. The normalized spacial score (nSPS) is 21.8. The van der Waals surface area contributed by atoms with Crippen LogP contribution in [0.4, 0.5) is 17.1 Å². The molecule has 3 aliphatic carbocycles. The van der Waals surface area contributed by atoms with E-state index in [2.05, 4.69) is 21.3 Å². The lowest BCUT2D eigenvalue weighted by atomic mass is 9.87. The number of methoxy groups -OCH3 is 3. The SMILES string of the molecule is CCOC(=O)C1CCC(OC[C@@H]2C[C@H](OC)CN2)CC1.CCOC(=O)C1CCC(OC[C@@H]2C[C@H](OC)CN2C(=O)Cc2cc(Cl)c(NC(=O)c3cn(C)c4ccccc34)cc2Cl)CC1.CO[C@H]1C[C@@H](COC2CCC(C(=O)O)CC2)N(C(=O)Cc2cc(Cl)c(NC(=O)c3cn(C)c4ccccc34)cc2Cl)C1.Cn1cc(C(=O)Nc2cc(Cl)c(CC(=O)O)cc2Cl)c2ccccc21. The first-order valence-corrected chi connectivity index (χ1v) is 46.7. The van der Waals surface area contributed by atoms with Gasteiger partial charge < -0.3 is 92.9 Å². The van der Waals surface area contributed by atoms with E-state index in [0.29, 0.717) is 162 Å². The molecule has 0 bridgehead atoms. The van der Waals surface area contributed by atoms with Crippen molar-refractivity contribution >= 4 is 173 Å². The van der Waals surface area contributed by atoms with Gasteiger partial charge in [-0.05, 0) is 181 Å². The topological polar surface area (TPSA) is 337 Å². The molecule has 6 N–H and O–H groups in total. The number of rotatable bonds is 29. The van der Waals surface area contributed by atoms with Gasteiger partial charge in [-0.15, -0.1) is 0 Å². The van der Waals surface area contributed by atoms with E-state index >= 15 is 0 Å². The summed E-state index contributed by atoms with van der Waals surface area (Å²) in [5, 5.41) is 34.2. The van der Waals surface area contributed by atoms with Crippen LogP contribution in [0.15, 0.2) is 128 Å². The van der Waals surface area contributed by atoms with Gasteiger partial charge in [0.1, 0.15) is 0 Å². The van der Waals surface area contributed by atoms with Gasteiger partial charge in [0.05, 0.1) is 168 Å². The lowest BCUT2D eigenvalue weighted by molar-refractivity contribution is -0.151. The van der Waals surface area contributed by atoms with Crippen molar-refractivity contribution in [3.05, 3.63) is 191 Å². The van der Waals surface area contributed by atoms with Crippen LogP contribution in [0.3, 0.4) is 0 Å². The quantitative estimate of drug-likeness (QED) is 0.0237. The van der Waals surface area contributed by atoms with E-state index in [4.69, 9.17) is 113 Å². The summed E-state index contributed by atoms with van der Waals surface area (Å²) in [6.45, 7) is 7.87. The van der Waals surface area contributed by atoms with Crippen molar-refractivity contribution < 1.29 is 91.3 Å². The Morgan fingerprint density at radius 2 is 0.733 bits per heavy atom. The summed E-state index contributed by atoms with van der Waals surface area (Å²) in [7, 11) is 10.7. The number of hydrogen-bond acceptors (Lipinski definition) is 18. The minimum absolute atomic E-state index is 0.0102. The second kappa shape index (κ2) is 47.5. The van der Waals surface area contributed by atoms with Gasteiger partial charge in [0.15, 0.2) is 0 Å². The summed E-state index contributed by atoms with van der Waals surface area (Å²) in [5.41, 5.74) is 6.96. The zero-order valence-electron chi connectivity index (χ0n) is 74.8. The van der Waals surface area contributed by atoms with Crippen molar-refractivity contribution in [1.29, 1.82) is 0 Å². The Kier molecular flexibility index (Phi) is 36.5. The highest BCUT2D eigenvalue weighted by Gasteiger charge is 2.40. The molecule has 131 heavy (non-hydrogen) atoms. The molecule has 6 fully saturated rings. The molecule has 0 unspecified atom stereocenters. The summed E-state index contributed by atoms with van der Waals surface area (Å²) < 4.78 is 50.8.